The molecule has 0 aromatic carbocycles. The van der Waals surface area contributed by atoms with Gasteiger partial charge in [-0.1, -0.05) is 19.4 Å². The van der Waals surface area contributed by atoms with Crippen molar-refractivity contribution in [1.82, 2.24) is 9.55 Å². The van der Waals surface area contributed by atoms with E-state index in [0.29, 0.717) is 17.6 Å². The molecule has 0 saturated heterocycles. The van der Waals surface area contributed by atoms with Crippen LogP contribution >= 0.6 is 0 Å². The predicted molar refractivity (Wildman–Crippen MR) is 113 cm³/mol. The highest BCUT2D eigenvalue weighted by Crippen LogP contribution is 2.68. The Morgan fingerprint density at radius 2 is 1.93 bits per heavy atom. The van der Waals surface area contributed by atoms with Crippen molar-refractivity contribution in [2.24, 2.45) is 41.5 Å². The summed E-state index contributed by atoms with van der Waals surface area (Å²) in [5.74, 6) is 3.49. The van der Waals surface area contributed by atoms with Gasteiger partial charge in [-0.05, 0) is 86.5 Å². The van der Waals surface area contributed by atoms with E-state index in [-0.39, 0.29) is 16.7 Å². The van der Waals surface area contributed by atoms with Gasteiger partial charge in [-0.15, -0.1) is 0 Å². The molecule has 1 aromatic rings. The largest absolute Gasteiger partial charge is 0.382 e. The summed E-state index contributed by atoms with van der Waals surface area (Å²) < 4.78 is 1.99. The first kappa shape index (κ1) is 19.5. The number of aromatic nitrogens is 2. The second-order valence-electron chi connectivity index (χ2n) is 11.2. The lowest BCUT2D eigenvalue weighted by molar-refractivity contribution is -0.121. The Morgan fingerprint density at radius 1 is 1.14 bits per heavy atom. The third-order valence-corrected chi connectivity index (χ3v) is 9.91. The summed E-state index contributed by atoms with van der Waals surface area (Å²) in [6.07, 6.45) is 14.5. The Bertz CT molecular complexity index is 868. The van der Waals surface area contributed by atoms with E-state index < -0.39 is 5.60 Å². The summed E-state index contributed by atoms with van der Waals surface area (Å²) in [5.41, 5.74) is 0.931. The molecular formula is C25H36N2O2. The fourth-order valence-corrected chi connectivity index (χ4v) is 8.49. The molecule has 1 N–H and O–H groups in total. The molecule has 4 aliphatic rings. The molecule has 1 heterocycles. The number of fused-ring (bicyclic) bond motifs is 5. The molecule has 0 bridgehead atoms. The Morgan fingerprint density at radius 3 is 2.66 bits per heavy atom. The highest BCUT2D eigenvalue weighted by molar-refractivity contribution is 5.91. The van der Waals surface area contributed by atoms with Crippen LogP contribution in [0.1, 0.15) is 78.0 Å². The van der Waals surface area contributed by atoms with Gasteiger partial charge in [0.15, 0.2) is 5.78 Å². The van der Waals surface area contributed by atoms with Crippen molar-refractivity contribution >= 4 is 5.78 Å². The van der Waals surface area contributed by atoms with E-state index in [0.717, 1.165) is 37.4 Å². The second kappa shape index (κ2) is 6.29. The second-order valence-corrected chi connectivity index (χ2v) is 11.2. The lowest BCUT2D eigenvalue weighted by atomic mass is 9.46. The van der Waals surface area contributed by atoms with Crippen LogP contribution in [-0.4, -0.2) is 20.4 Å². The molecular weight excluding hydrogens is 360 g/mol. The minimum Gasteiger partial charge on any atom is -0.382 e. The smallest absolute Gasteiger partial charge is 0.155 e. The highest BCUT2D eigenvalue weighted by atomic mass is 16.3. The summed E-state index contributed by atoms with van der Waals surface area (Å²) in [6, 6.07) is 0. The van der Waals surface area contributed by atoms with E-state index in [1.165, 1.54) is 31.3 Å². The third-order valence-electron chi connectivity index (χ3n) is 9.91. The average Bonchev–Trinajstić information content (AvgIpc) is 3.25. The molecule has 158 valence electrons. The van der Waals surface area contributed by atoms with E-state index in [2.05, 4.69) is 18.8 Å². The van der Waals surface area contributed by atoms with Gasteiger partial charge in [0.1, 0.15) is 11.4 Å². The van der Waals surface area contributed by atoms with Gasteiger partial charge in [-0.3, -0.25) is 4.79 Å². The number of allylic oxidation sites excluding steroid dienone is 1. The van der Waals surface area contributed by atoms with Gasteiger partial charge in [-0.25, -0.2) is 4.98 Å². The van der Waals surface area contributed by atoms with Crippen molar-refractivity contribution in [3.05, 3.63) is 29.9 Å². The van der Waals surface area contributed by atoms with Gasteiger partial charge in [0, 0.05) is 31.8 Å². The maximum Gasteiger partial charge on any atom is 0.155 e. The van der Waals surface area contributed by atoms with Crippen molar-refractivity contribution in [2.45, 2.75) is 77.7 Å². The zero-order valence-corrected chi connectivity index (χ0v) is 18.4. The quantitative estimate of drug-likeness (QED) is 0.783. The number of carbonyl (C=O) groups excluding carboxylic acids is 1. The van der Waals surface area contributed by atoms with Crippen LogP contribution in [-0.2, 0) is 17.4 Å². The molecule has 3 saturated carbocycles. The lowest BCUT2D eigenvalue weighted by Gasteiger charge is -2.59. The van der Waals surface area contributed by atoms with Gasteiger partial charge >= 0.3 is 0 Å². The fraction of sp³-hybridized carbons (Fsp3) is 0.760. The maximum atomic E-state index is 12.0. The van der Waals surface area contributed by atoms with Crippen molar-refractivity contribution in [2.75, 3.05) is 0 Å². The van der Waals surface area contributed by atoms with Crippen molar-refractivity contribution in [1.29, 1.82) is 0 Å². The van der Waals surface area contributed by atoms with Crippen LogP contribution in [0.25, 0.3) is 0 Å². The normalized spacial score (nSPS) is 43.8. The Kier molecular flexibility index (Phi) is 4.24. The van der Waals surface area contributed by atoms with Crippen LogP contribution in [0.4, 0.5) is 0 Å². The number of aryl methyl sites for hydroxylation is 1. The number of carbonyl (C=O) groups is 1. The fourth-order valence-electron chi connectivity index (χ4n) is 8.49. The van der Waals surface area contributed by atoms with E-state index in [4.69, 9.17) is 0 Å². The van der Waals surface area contributed by atoms with E-state index in [9.17, 15) is 9.90 Å². The van der Waals surface area contributed by atoms with Crippen molar-refractivity contribution in [3.63, 3.8) is 0 Å². The summed E-state index contributed by atoms with van der Waals surface area (Å²) in [5, 5.41) is 11.7. The summed E-state index contributed by atoms with van der Waals surface area (Å²) >= 11 is 0. The molecule has 1 unspecified atom stereocenters. The summed E-state index contributed by atoms with van der Waals surface area (Å²) in [4.78, 5) is 16.6. The van der Waals surface area contributed by atoms with E-state index in [1.807, 2.05) is 30.8 Å². The molecule has 4 heteroatoms. The summed E-state index contributed by atoms with van der Waals surface area (Å²) in [7, 11) is 1.99. The molecule has 0 spiro atoms. The molecule has 1 aromatic heterocycles. The number of hydrogen-bond donors (Lipinski definition) is 1. The van der Waals surface area contributed by atoms with Gasteiger partial charge in [0.2, 0.25) is 0 Å². The van der Waals surface area contributed by atoms with E-state index >= 15 is 0 Å². The molecule has 0 amide bonds. The molecule has 0 aliphatic heterocycles. The minimum atomic E-state index is -0.893. The van der Waals surface area contributed by atoms with Crippen LogP contribution < -0.4 is 0 Å². The van der Waals surface area contributed by atoms with Gasteiger partial charge < -0.3 is 9.67 Å². The summed E-state index contributed by atoms with van der Waals surface area (Å²) in [6.45, 7) is 6.90. The first-order valence-corrected chi connectivity index (χ1v) is 11.6. The zero-order chi connectivity index (χ0) is 20.6. The van der Waals surface area contributed by atoms with Gasteiger partial charge in [0.25, 0.3) is 0 Å². The number of imidazole rings is 1. The number of nitrogens with zero attached hydrogens (tertiary/aromatic N) is 2. The number of rotatable bonds is 2. The molecule has 4 aliphatic carbocycles. The SMILES string of the molecule is Cn1ccnc1C(C)(O)[C@H]1CC[C@H]2[C@@H]3CCC4=CC(=O)CC[C@]4(C)[C@H]3CC[C@]12C. The monoisotopic (exact) mass is 396 g/mol. The van der Waals surface area contributed by atoms with Crippen molar-refractivity contribution < 1.29 is 9.90 Å². The first-order valence-electron chi connectivity index (χ1n) is 11.6. The predicted octanol–water partition coefficient (Wildman–Crippen LogP) is 4.78. The molecule has 7 atom stereocenters. The molecule has 29 heavy (non-hydrogen) atoms. The molecule has 5 rings (SSSR count). The Labute approximate surface area is 174 Å². The number of hydrogen-bond acceptors (Lipinski definition) is 3. The van der Waals surface area contributed by atoms with Crippen LogP contribution in [0, 0.1) is 34.5 Å². The van der Waals surface area contributed by atoms with Gasteiger partial charge in [-0.2, -0.15) is 0 Å². The standard InChI is InChI=1S/C25H36N2O2/c1-23-11-9-17(28)15-16(23)5-6-18-19-7-8-21(24(19,2)12-10-20(18)23)25(3,29)22-26-13-14-27(22)4/h13-15,18-21,29H,5-12H2,1-4H3/t18-,19-,20-,21-,23-,24-,25?/m0/s1. The maximum absolute atomic E-state index is 12.0. The van der Waals surface area contributed by atoms with Crippen LogP contribution in [0.15, 0.2) is 24.0 Å². The van der Waals surface area contributed by atoms with Crippen LogP contribution in [0.5, 0.6) is 0 Å². The first-order chi connectivity index (χ1) is 13.7. The zero-order valence-electron chi connectivity index (χ0n) is 18.4. The van der Waals surface area contributed by atoms with Crippen LogP contribution in [0.2, 0.25) is 0 Å². The number of ketones is 1. The highest BCUT2D eigenvalue weighted by Gasteiger charge is 2.62. The molecule has 4 nitrogen and oxygen atoms in total. The minimum absolute atomic E-state index is 0.165. The Balaban J connectivity index is 1.47. The van der Waals surface area contributed by atoms with E-state index in [1.54, 1.807) is 6.20 Å². The van der Waals surface area contributed by atoms with Gasteiger partial charge in [0.05, 0.1) is 0 Å². The molecule has 3 fully saturated rings. The molecule has 0 radical (unpaired) electrons. The third kappa shape index (κ3) is 2.60. The average molecular weight is 397 g/mol. The lowest BCUT2D eigenvalue weighted by Crippen LogP contribution is -2.52. The van der Waals surface area contributed by atoms with Crippen LogP contribution in [0.3, 0.4) is 0 Å². The topological polar surface area (TPSA) is 55.1 Å². The Hall–Kier alpha value is -1.42. The van der Waals surface area contributed by atoms with Crippen molar-refractivity contribution in [3.8, 4) is 0 Å². The number of aliphatic hydroxyl groups is 1.